The summed E-state index contributed by atoms with van der Waals surface area (Å²) in [4.78, 5) is 17.3. The van der Waals surface area contributed by atoms with Gasteiger partial charge in [-0.3, -0.25) is 0 Å². The smallest absolute Gasteiger partial charge is 0.352 e. The van der Waals surface area contributed by atoms with Gasteiger partial charge in [0.25, 0.3) is 0 Å². The van der Waals surface area contributed by atoms with Gasteiger partial charge in [0.15, 0.2) is 0 Å². The minimum absolute atomic E-state index is 0.0743. The summed E-state index contributed by atoms with van der Waals surface area (Å²) < 4.78 is 11.3. The van der Waals surface area contributed by atoms with Crippen molar-refractivity contribution >= 4 is 5.97 Å². The van der Waals surface area contributed by atoms with Crippen LogP contribution in [0.2, 0.25) is 0 Å². The van der Waals surface area contributed by atoms with Crippen LogP contribution in [0.15, 0.2) is 66.7 Å². The van der Waals surface area contributed by atoms with E-state index in [4.69, 9.17) is 9.47 Å². The highest BCUT2D eigenvalue weighted by Crippen LogP contribution is 2.33. The van der Waals surface area contributed by atoms with Crippen molar-refractivity contribution in [2.24, 2.45) is 0 Å². The third-order valence-corrected chi connectivity index (χ3v) is 4.65. The maximum absolute atomic E-state index is 12.7. The lowest BCUT2D eigenvalue weighted by atomic mass is 9.96. The highest BCUT2D eigenvalue weighted by atomic mass is 16.6. The zero-order valence-corrected chi connectivity index (χ0v) is 17.3. The lowest BCUT2D eigenvalue weighted by Gasteiger charge is -2.20. The van der Waals surface area contributed by atoms with Crippen LogP contribution in [0, 0.1) is 11.3 Å². The van der Waals surface area contributed by atoms with Crippen molar-refractivity contribution in [2.45, 2.75) is 32.8 Å². The molecular weight excluding hydrogens is 376 g/mol. The summed E-state index contributed by atoms with van der Waals surface area (Å²) >= 11 is 0. The molecule has 0 radical (unpaired) electrons. The van der Waals surface area contributed by atoms with Crippen molar-refractivity contribution in [3.8, 4) is 23.2 Å². The number of pyridine rings is 1. The quantitative estimate of drug-likeness (QED) is 0.495. The van der Waals surface area contributed by atoms with Crippen molar-refractivity contribution in [2.75, 3.05) is 6.61 Å². The predicted octanol–water partition coefficient (Wildman–Crippen LogP) is 5.43. The molecule has 152 valence electrons. The molecule has 2 aromatic carbocycles. The molecule has 0 N–H and O–H groups in total. The molecule has 0 saturated heterocycles. The van der Waals surface area contributed by atoms with Crippen LogP contribution in [-0.2, 0) is 9.53 Å². The van der Waals surface area contributed by atoms with Gasteiger partial charge in [0.05, 0.1) is 12.3 Å². The lowest BCUT2D eigenvalue weighted by Crippen LogP contribution is -2.22. The van der Waals surface area contributed by atoms with Crippen LogP contribution in [0.4, 0.5) is 0 Å². The fourth-order valence-electron chi connectivity index (χ4n) is 3.16. The number of carbonyl (C=O) groups excluding carboxylic acids is 1. The number of rotatable bonds is 7. The van der Waals surface area contributed by atoms with E-state index in [0.29, 0.717) is 16.8 Å². The normalized spacial score (nSPS) is 11.6. The van der Waals surface area contributed by atoms with E-state index in [0.717, 1.165) is 11.1 Å². The van der Waals surface area contributed by atoms with E-state index in [1.807, 2.05) is 68.4 Å². The lowest BCUT2D eigenvalue weighted by molar-refractivity contribution is -0.151. The fourth-order valence-corrected chi connectivity index (χ4v) is 3.16. The third kappa shape index (κ3) is 4.66. The maximum Gasteiger partial charge on any atom is 0.352 e. The predicted molar refractivity (Wildman–Crippen MR) is 115 cm³/mol. The summed E-state index contributed by atoms with van der Waals surface area (Å²) in [7, 11) is 0. The molecule has 1 heterocycles. The van der Waals surface area contributed by atoms with Gasteiger partial charge in [0, 0.05) is 11.1 Å². The summed E-state index contributed by atoms with van der Waals surface area (Å²) in [6.45, 7) is 5.99. The first-order valence-corrected chi connectivity index (χ1v) is 9.93. The van der Waals surface area contributed by atoms with Crippen LogP contribution in [0.25, 0.3) is 11.3 Å². The molecule has 0 spiro atoms. The Labute approximate surface area is 176 Å². The first-order valence-electron chi connectivity index (χ1n) is 9.93. The number of ether oxygens (including phenoxy) is 2. The van der Waals surface area contributed by atoms with E-state index in [-0.39, 0.29) is 18.4 Å². The van der Waals surface area contributed by atoms with E-state index in [1.165, 1.54) is 0 Å². The van der Waals surface area contributed by atoms with E-state index in [1.54, 1.807) is 19.1 Å². The first-order chi connectivity index (χ1) is 14.5. The number of esters is 1. The number of aromatic nitrogens is 1. The topological polar surface area (TPSA) is 72.2 Å². The fraction of sp³-hybridized carbons (Fsp3) is 0.240. The molecule has 3 aromatic rings. The van der Waals surface area contributed by atoms with Crippen molar-refractivity contribution in [1.29, 1.82) is 5.26 Å². The SMILES string of the molecule is CCOC(=O)C(Oc1nc(-c2ccccc2)cc(C(C)C)c1C#N)c1ccccc1. The summed E-state index contributed by atoms with van der Waals surface area (Å²) in [6.07, 6.45) is -1.02. The molecule has 0 aliphatic heterocycles. The molecule has 3 rings (SSSR count). The molecule has 0 aliphatic carbocycles. The van der Waals surface area contributed by atoms with Gasteiger partial charge >= 0.3 is 5.97 Å². The Bertz CT molecular complexity index is 1040. The monoisotopic (exact) mass is 400 g/mol. The van der Waals surface area contributed by atoms with Gasteiger partial charge in [-0.25, -0.2) is 9.78 Å². The third-order valence-electron chi connectivity index (χ3n) is 4.65. The highest BCUT2D eigenvalue weighted by molar-refractivity contribution is 5.77. The summed E-state index contributed by atoms with van der Waals surface area (Å²) in [6, 6.07) is 22.9. The first kappa shape index (κ1) is 21.1. The van der Waals surface area contributed by atoms with Crippen LogP contribution in [0.5, 0.6) is 5.88 Å². The van der Waals surface area contributed by atoms with Crippen LogP contribution in [0.3, 0.4) is 0 Å². The van der Waals surface area contributed by atoms with Gasteiger partial charge in [-0.1, -0.05) is 74.5 Å². The molecule has 5 nitrogen and oxygen atoms in total. The van der Waals surface area contributed by atoms with Crippen LogP contribution in [-0.4, -0.2) is 17.6 Å². The summed E-state index contributed by atoms with van der Waals surface area (Å²) in [5, 5.41) is 9.85. The number of nitriles is 1. The molecule has 1 atom stereocenters. The Hall–Kier alpha value is -3.65. The Morgan fingerprint density at radius 1 is 1.07 bits per heavy atom. The van der Waals surface area contributed by atoms with E-state index < -0.39 is 12.1 Å². The van der Waals surface area contributed by atoms with Gasteiger partial charge in [-0.15, -0.1) is 0 Å². The second-order valence-electron chi connectivity index (χ2n) is 7.07. The number of nitrogens with zero attached hydrogens (tertiary/aromatic N) is 2. The van der Waals surface area contributed by atoms with Crippen LogP contribution in [0.1, 0.15) is 49.5 Å². The largest absolute Gasteiger partial charge is 0.463 e. The van der Waals surface area contributed by atoms with Gasteiger partial charge in [0.2, 0.25) is 12.0 Å². The summed E-state index contributed by atoms with van der Waals surface area (Å²) in [5.41, 5.74) is 3.37. The molecule has 0 saturated carbocycles. The molecule has 0 aliphatic rings. The molecule has 0 amide bonds. The number of hydrogen-bond acceptors (Lipinski definition) is 5. The number of benzene rings is 2. The van der Waals surface area contributed by atoms with Crippen molar-refractivity contribution in [3.63, 3.8) is 0 Å². The molecule has 0 fully saturated rings. The molecule has 0 bridgehead atoms. The minimum Gasteiger partial charge on any atom is -0.463 e. The average molecular weight is 400 g/mol. The van der Waals surface area contributed by atoms with Gasteiger partial charge < -0.3 is 9.47 Å². The highest BCUT2D eigenvalue weighted by Gasteiger charge is 2.27. The van der Waals surface area contributed by atoms with Gasteiger partial charge in [-0.05, 0) is 24.5 Å². The van der Waals surface area contributed by atoms with Crippen LogP contribution >= 0.6 is 0 Å². The minimum atomic E-state index is -1.02. The number of carbonyl (C=O) groups is 1. The second-order valence-corrected chi connectivity index (χ2v) is 7.07. The Morgan fingerprint density at radius 3 is 2.27 bits per heavy atom. The molecule has 5 heteroatoms. The van der Waals surface area contributed by atoms with E-state index in [2.05, 4.69) is 11.1 Å². The van der Waals surface area contributed by atoms with Crippen LogP contribution < -0.4 is 4.74 Å². The molecule has 30 heavy (non-hydrogen) atoms. The van der Waals surface area contributed by atoms with E-state index >= 15 is 0 Å². The zero-order valence-electron chi connectivity index (χ0n) is 17.3. The van der Waals surface area contributed by atoms with E-state index in [9.17, 15) is 10.1 Å². The van der Waals surface area contributed by atoms with Crippen molar-refractivity contribution in [1.82, 2.24) is 4.98 Å². The number of hydrogen-bond donors (Lipinski definition) is 0. The van der Waals surface area contributed by atoms with Gasteiger partial charge in [-0.2, -0.15) is 5.26 Å². The maximum atomic E-state index is 12.7. The molecular formula is C25H24N2O3. The van der Waals surface area contributed by atoms with Gasteiger partial charge in [0.1, 0.15) is 11.6 Å². The summed E-state index contributed by atoms with van der Waals surface area (Å²) in [5.74, 6) is -0.319. The average Bonchev–Trinajstić information content (AvgIpc) is 2.78. The van der Waals surface area contributed by atoms with Crippen molar-refractivity contribution in [3.05, 3.63) is 83.4 Å². The zero-order chi connectivity index (χ0) is 21.5. The Kier molecular flexibility index (Phi) is 6.82. The Balaban J connectivity index is 2.13. The molecule has 1 unspecified atom stereocenters. The Morgan fingerprint density at radius 2 is 1.70 bits per heavy atom. The second kappa shape index (κ2) is 9.71. The molecule has 1 aromatic heterocycles. The van der Waals surface area contributed by atoms with Crippen molar-refractivity contribution < 1.29 is 14.3 Å². The standard InChI is InChI=1S/C25H24N2O3/c1-4-29-25(28)23(19-13-9-6-10-14-19)30-24-21(16-26)20(17(2)3)15-22(27-24)18-11-7-5-8-12-18/h5-15,17,23H,4H2,1-3H3.